The van der Waals surface area contributed by atoms with Gasteiger partial charge in [0.15, 0.2) is 0 Å². The van der Waals surface area contributed by atoms with Gasteiger partial charge in [-0.3, -0.25) is 14.5 Å². The monoisotopic (exact) mass is 331 g/mol. The second-order valence-electron chi connectivity index (χ2n) is 6.00. The fourth-order valence-corrected chi connectivity index (χ4v) is 2.44. The van der Waals surface area contributed by atoms with Crippen LogP contribution in [0.2, 0.25) is 0 Å². The number of carbonyl (C=O) groups excluding carboxylic acids is 2. The third-order valence-corrected chi connectivity index (χ3v) is 3.65. The average Bonchev–Trinajstić information content (AvgIpc) is 2.96. The minimum atomic E-state index is -0.229. The number of fused-ring (bicyclic) bond motifs is 1. The van der Waals surface area contributed by atoms with Crippen molar-refractivity contribution in [3.05, 3.63) is 36.1 Å². The number of hydrogen-bond acceptors (Lipinski definition) is 4. The summed E-state index contributed by atoms with van der Waals surface area (Å²) in [5.74, 6) is 0.499. The molecule has 0 saturated heterocycles. The Labute approximate surface area is 142 Å². The number of nitrogens with zero attached hydrogens (tertiary/aromatic N) is 1. The summed E-state index contributed by atoms with van der Waals surface area (Å²) < 4.78 is 5.75. The summed E-state index contributed by atoms with van der Waals surface area (Å²) >= 11 is 0. The first kappa shape index (κ1) is 18.0. The lowest BCUT2D eigenvalue weighted by atomic mass is 10.2. The van der Waals surface area contributed by atoms with E-state index in [0.29, 0.717) is 12.3 Å². The zero-order valence-corrected chi connectivity index (χ0v) is 14.5. The minimum absolute atomic E-state index is 0.0718. The standard InChI is InChI=1S/C18H25N3O3/c1-4-9-19-17(22)11-21(3)12-18(23)20-13(2)16-10-14-7-5-6-8-15(14)24-16/h5-8,10,13H,4,9,11-12H2,1-3H3,(H,19,22)(H,20,23). The Morgan fingerprint density at radius 2 is 1.92 bits per heavy atom. The van der Waals surface area contributed by atoms with Crippen LogP contribution in [0.4, 0.5) is 0 Å². The van der Waals surface area contributed by atoms with Gasteiger partial charge < -0.3 is 15.1 Å². The SMILES string of the molecule is CCCNC(=O)CN(C)CC(=O)NC(C)c1cc2ccccc2o1. The van der Waals surface area contributed by atoms with Crippen molar-refractivity contribution in [2.45, 2.75) is 26.3 Å². The molecule has 0 bridgehead atoms. The molecule has 6 nitrogen and oxygen atoms in total. The van der Waals surface area contributed by atoms with Crippen LogP contribution < -0.4 is 10.6 Å². The minimum Gasteiger partial charge on any atom is -0.459 e. The predicted octanol–water partition coefficient (Wildman–Crippen LogP) is 2.07. The number of benzene rings is 1. The van der Waals surface area contributed by atoms with Gasteiger partial charge in [-0.2, -0.15) is 0 Å². The molecule has 130 valence electrons. The Hall–Kier alpha value is -2.34. The van der Waals surface area contributed by atoms with Crippen LogP contribution >= 0.6 is 0 Å². The van der Waals surface area contributed by atoms with E-state index in [4.69, 9.17) is 4.42 Å². The van der Waals surface area contributed by atoms with Crippen molar-refractivity contribution < 1.29 is 14.0 Å². The summed E-state index contributed by atoms with van der Waals surface area (Å²) in [6, 6.07) is 9.44. The molecule has 1 aromatic carbocycles. The molecule has 0 aliphatic carbocycles. The van der Waals surface area contributed by atoms with Gasteiger partial charge in [0.05, 0.1) is 19.1 Å². The maximum atomic E-state index is 12.1. The molecule has 0 spiro atoms. The Kier molecular flexibility index (Phi) is 6.37. The van der Waals surface area contributed by atoms with Crippen molar-refractivity contribution in [2.24, 2.45) is 0 Å². The van der Waals surface area contributed by atoms with Crippen LogP contribution in [0.25, 0.3) is 11.0 Å². The van der Waals surface area contributed by atoms with Gasteiger partial charge in [0, 0.05) is 11.9 Å². The van der Waals surface area contributed by atoms with Gasteiger partial charge in [-0.05, 0) is 32.5 Å². The van der Waals surface area contributed by atoms with Crippen LogP contribution in [-0.4, -0.2) is 43.4 Å². The fraction of sp³-hybridized carbons (Fsp3) is 0.444. The van der Waals surface area contributed by atoms with Crippen LogP contribution in [-0.2, 0) is 9.59 Å². The van der Waals surface area contributed by atoms with Gasteiger partial charge in [0.1, 0.15) is 11.3 Å². The molecule has 2 N–H and O–H groups in total. The molecule has 0 saturated carbocycles. The van der Waals surface area contributed by atoms with E-state index in [9.17, 15) is 9.59 Å². The van der Waals surface area contributed by atoms with Crippen molar-refractivity contribution in [3.8, 4) is 0 Å². The van der Waals surface area contributed by atoms with E-state index in [2.05, 4.69) is 10.6 Å². The molecule has 0 radical (unpaired) electrons. The average molecular weight is 331 g/mol. The number of carbonyl (C=O) groups is 2. The third kappa shape index (κ3) is 5.09. The molecular weight excluding hydrogens is 306 g/mol. The van der Waals surface area contributed by atoms with Crippen molar-refractivity contribution in [1.82, 2.24) is 15.5 Å². The normalized spacial score (nSPS) is 12.3. The highest BCUT2D eigenvalue weighted by molar-refractivity contribution is 5.82. The molecule has 1 unspecified atom stereocenters. The van der Waals surface area contributed by atoms with Crippen molar-refractivity contribution in [3.63, 3.8) is 0 Å². The molecule has 2 amide bonds. The van der Waals surface area contributed by atoms with E-state index in [0.717, 1.165) is 17.4 Å². The summed E-state index contributed by atoms with van der Waals surface area (Å²) in [4.78, 5) is 25.4. The molecule has 0 aliphatic heterocycles. The third-order valence-electron chi connectivity index (χ3n) is 3.65. The van der Waals surface area contributed by atoms with Crippen molar-refractivity contribution in [2.75, 3.05) is 26.7 Å². The summed E-state index contributed by atoms with van der Waals surface area (Å²) in [6.45, 7) is 4.89. The molecular formula is C18H25N3O3. The van der Waals surface area contributed by atoms with Crippen LogP contribution in [0.15, 0.2) is 34.7 Å². The number of hydrogen-bond donors (Lipinski definition) is 2. The molecule has 0 fully saturated rings. The Morgan fingerprint density at radius 3 is 2.62 bits per heavy atom. The second-order valence-corrected chi connectivity index (χ2v) is 6.00. The number of likely N-dealkylation sites (N-methyl/N-ethyl adjacent to an activating group) is 1. The van der Waals surface area contributed by atoms with E-state index in [1.807, 2.05) is 44.2 Å². The van der Waals surface area contributed by atoms with Crippen LogP contribution in [0, 0.1) is 0 Å². The van der Waals surface area contributed by atoms with Gasteiger partial charge >= 0.3 is 0 Å². The topological polar surface area (TPSA) is 74.6 Å². The summed E-state index contributed by atoms with van der Waals surface area (Å²) in [5.41, 5.74) is 0.804. The number of rotatable bonds is 8. The van der Waals surface area contributed by atoms with Gasteiger partial charge in [-0.25, -0.2) is 0 Å². The summed E-state index contributed by atoms with van der Waals surface area (Å²) in [6.07, 6.45) is 0.894. The summed E-state index contributed by atoms with van der Waals surface area (Å²) in [5, 5.41) is 6.70. The van der Waals surface area contributed by atoms with Crippen molar-refractivity contribution in [1.29, 1.82) is 0 Å². The first-order valence-electron chi connectivity index (χ1n) is 8.22. The predicted molar refractivity (Wildman–Crippen MR) is 93.6 cm³/mol. The molecule has 2 aromatic rings. The molecule has 24 heavy (non-hydrogen) atoms. The Balaban J connectivity index is 1.83. The number of nitrogens with one attached hydrogen (secondary N) is 2. The maximum absolute atomic E-state index is 12.1. The van der Waals surface area contributed by atoms with Gasteiger partial charge in [-0.1, -0.05) is 25.1 Å². The lowest BCUT2D eigenvalue weighted by Crippen LogP contribution is -2.41. The largest absolute Gasteiger partial charge is 0.459 e. The first-order valence-corrected chi connectivity index (χ1v) is 8.22. The van der Waals surface area contributed by atoms with E-state index in [-0.39, 0.29) is 30.9 Å². The number of furan rings is 1. The lowest BCUT2D eigenvalue weighted by Gasteiger charge is -2.17. The van der Waals surface area contributed by atoms with Gasteiger partial charge in [0.2, 0.25) is 11.8 Å². The van der Waals surface area contributed by atoms with E-state index < -0.39 is 0 Å². The zero-order valence-electron chi connectivity index (χ0n) is 14.5. The van der Waals surface area contributed by atoms with Crippen LogP contribution in [0.3, 0.4) is 0 Å². The summed E-state index contributed by atoms with van der Waals surface area (Å²) in [7, 11) is 1.75. The van der Waals surface area contributed by atoms with Crippen LogP contribution in [0.1, 0.15) is 32.1 Å². The molecule has 0 aliphatic rings. The smallest absolute Gasteiger partial charge is 0.234 e. The molecule has 1 atom stereocenters. The molecule has 1 aromatic heterocycles. The highest BCUT2D eigenvalue weighted by atomic mass is 16.3. The van der Waals surface area contributed by atoms with E-state index in [1.165, 1.54) is 0 Å². The fourth-order valence-electron chi connectivity index (χ4n) is 2.44. The molecule has 2 rings (SSSR count). The van der Waals surface area contributed by atoms with Crippen molar-refractivity contribution >= 4 is 22.8 Å². The first-order chi connectivity index (χ1) is 11.5. The molecule has 6 heteroatoms. The van der Waals surface area contributed by atoms with E-state index in [1.54, 1.807) is 11.9 Å². The highest BCUT2D eigenvalue weighted by Crippen LogP contribution is 2.23. The van der Waals surface area contributed by atoms with Gasteiger partial charge in [-0.15, -0.1) is 0 Å². The quantitative estimate of drug-likeness (QED) is 0.776. The second kappa shape index (κ2) is 8.49. The van der Waals surface area contributed by atoms with E-state index >= 15 is 0 Å². The lowest BCUT2D eigenvalue weighted by molar-refractivity contribution is -0.125. The van der Waals surface area contributed by atoms with Gasteiger partial charge in [0.25, 0.3) is 0 Å². The highest BCUT2D eigenvalue weighted by Gasteiger charge is 2.16. The molecule has 1 heterocycles. The number of para-hydroxylation sites is 1. The van der Waals surface area contributed by atoms with Crippen LogP contribution in [0.5, 0.6) is 0 Å². The Bertz CT molecular complexity index is 663. The maximum Gasteiger partial charge on any atom is 0.234 e. The zero-order chi connectivity index (χ0) is 17.5. The number of amides is 2. The Morgan fingerprint density at radius 1 is 1.21 bits per heavy atom.